The fourth-order valence-electron chi connectivity index (χ4n) is 1.80. The molecule has 2 N–H and O–H groups in total. The summed E-state index contributed by atoms with van der Waals surface area (Å²) in [5.41, 5.74) is -0.0200. The van der Waals surface area contributed by atoms with Gasteiger partial charge in [-0.2, -0.15) is 35.1 Å². The summed E-state index contributed by atoms with van der Waals surface area (Å²) < 4.78 is 108. The van der Waals surface area contributed by atoms with Gasteiger partial charge in [0, 0.05) is 0 Å². The first-order valence-electron chi connectivity index (χ1n) is 6.31. The van der Waals surface area contributed by atoms with Gasteiger partial charge in [-0.05, 0) is 24.6 Å². The number of rotatable bonds is 4. The fourth-order valence-corrected chi connectivity index (χ4v) is 1.80. The van der Waals surface area contributed by atoms with E-state index in [1.807, 2.05) is 0 Å². The molecule has 0 heterocycles. The molecule has 0 saturated carbocycles. The predicted molar refractivity (Wildman–Crippen MR) is 65.0 cm³/mol. The Morgan fingerprint density at radius 3 is 2.04 bits per heavy atom. The number of carbonyl (C=O) groups is 1. The van der Waals surface area contributed by atoms with Gasteiger partial charge >= 0.3 is 24.2 Å². The molecule has 0 amide bonds. The molecule has 0 spiro atoms. The van der Waals surface area contributed by atoms with E-state index in [2.05, 4.69) is 4.74 Å². The third kappa shape index (κ3) is 4.13. The first kappa shape index (κ1) is 20.1. The first-order chi connectivity index (χ1) is 10.7. The van der Waals surface area contributed by atoms with Gasteiger partial charge < -0.3 is 10.5 Å². The number of hydrogen-bond donors (Lipinski definition) is 1. The number of benzene rings is 1. The molecule has 0 aliphatic rings. The van der Waals surface area contributed by atoms with E-state index in [4.69, 9.17) is 5.73 Å². The van der Waals surface area contributed by atoms with Gasteiger partial charge in [-0.1, -0.05) is 6.07 Å². The molecule has 1 rings (SSSR count). The van der Waals surface area contributed by atoms with Crippen LogP contribution in [0.15, 0.2) is 18.2 Å². The normalized spacial score (nSPS) is 14.4. The number of esters is 1. The Balaban J connectivity index is 3.45. The fraction of sp³-hybridized carbons (Fsp3) is 0.462. The Bertz CT molecular complexity index is 609. The molecular formula is C13H11F8NO2. The van der Waals surface area contributed by atoms with Crippen molar-refractivity contribution in [1.82, 2.24) is 0 Å². The predicted octanol–water partition coefficient (Wildman–Crippen LogP) is 3.92. The van der Waals surface area contributed by atoms with Crippen LogP contribution >= 0.6 is 0 Å². The topological polar surface area (TPSA) is 52.3 Å². The average molecular weight is 365 g/mol. The monoisotopic (exact) mass is 365 g/mol. The maximum atomic E-state index is 13.8. The third-order valence-electron chi connectivity index (χ3n) is 2.96. The van der Waals surface area contributed by atoms with Gasteiger partial charge in [-0.15, -0.1) is 0 Å². The van der Waals surface area contributed by atoms with Crippen LogP contribution in [0.25, 0.3) is 0 Å². The van der Waals surface area contributed by atoms with Crippen LogP contribution in [0.5, 0.6) is 0 Å². The molecule has 1 aromatic rings. The minimum absolute atomic E-state index is 0.170. The first-order valence-corrected chi connectivity index (χ1v) is 6.31. The molecule has 24 heavy (non-hydrogen) atoms. The number of nitrogens with two attached hydrogens (primary N) is 1. The summed E-state index contributed by atoms with van der Waals surface area (Å²) in [6, 6.07) is -2.83. The van der Waals surface area contributed by atoms with Crippen LogP contribution in [-0.2, 0) is 21.9 Å². The van der Waals surface area contributed by atoms with Gasteiger partial charge in [0.15, 0.2) is 0 Å². The van der Waals surface area contributed by atoms with Crippen molar-refractivity contribution < 1.29 is 44.7 Å². The molecule has 3 nitrogen and oxygen atoms in total. The van der Waals surface area contributed by atoms with Crippen LogP contribution < -0.4 is 5.73 Å². The zero-order chi connectivity index (χ0) is 18.9. The zero-order valence-electron chi connectivity index (χ0n) is 11.9. The van der Waals surface area contributed by atoms with E-state index in [1.165, 1.54) is 6.92 Å². The van der Waals surface area contributed by atoms with E-state index >= 15 is 0 Å². The van der Waals surface area contributed by atoms with Crippen molar-refractivity contribution in [2.45, 2.75) is 31.2 Å². The summed E-state index contributed by atoms with van der Waals surface area (Å²) in [5.74, 6) is -6.74. The second-order valence-electron chi connectivity index (χ2n) is 4.62. The molecule has 0 radical (unpaired) electrons. The summed E-state index contributed by atoms with van der Waals surface area (Å²) >= 11 is 0. The molecule has 0 saturated heterocycles. The highest BCUT2D eigenvalue weighted by molar-refractivity contribution is 5.79. The Labute approximate surface area is 130 Å². The second-order valence-corrected chi connectivity index (χ2v) is 4.62. The highest BCUT2D eigenvalue weighted by Gasteiger charge is 2.50. The molecular weight excluding hydrogens is 354 g/mol. The zero-order valence-corrected chi connectivity index (χ0v) is 11.9. The quantitative estimate of drug-likeness (QED) is 0.650. The smallest absolute Gasteiger partial charge is 0.416 e. The minimum Gasteiger partial charge on any atom is -0.462 e. The molecule has 0 aliphatic carbocycles. The van der Waals surface area contributed by atoms with Crippen LogP contribution in [-0.4, -0.2) is 18.5 Å². The lowest BCUT2D eigenvalue weighted by atomic mass is 9.94. The van der Waals surface area contributed by atoms with E-state index in [-0.39, 0.29) is 18.2 Å². The molecule has 0 aromatic heterocycles. The molecule has 1 atom stereocenters. The van der Waals surface area contributed by atoms with E-state index in [1.54, 1.807) is 0 Å². The van der Waals surface area contributed by atoms with Crippen LogP contribution in [0.2, 0.25) is 0 Å². The number of ether oxygens (including phenoxy) is 1. The number of hydrogen-bond acceptors (Lipinski definition) is 3. The number of alkyl halides is 8. The van der Waals surface area contributed by atoms with Crippen molar-refractivity contribution >= 4 is 5.97 Å². The van der Waals surface area contributed by atoms with Crippen molar-refractivity contribution in [2.24, 2.45) is 5.73 Å². The second kappa shape index (κ2) is 6.54. The van der Waals surface area contributed by atoms with Crippen LogP contribution in [0, 0.1) is 0 Å². The van der Waals surface area contributed by atoms with Crippen LogP contribution in [0.1, 0.15) is 29.7 Å². The van der Waals surface area contributed by atoms with Crippen LogP contribution in [0.3, 0.4) is 0 Å². The van der Waals surface area contributed by atoms with E-state index in [0.717, 1.165) is 0 Å². The van der Waals surface area contributed by atoms with Gasteiger partial charge in [-0.3, -0.25) is 0 Å². The van der Waals surface area contributed by atoms with Crippen molar-refractivity contribution in [3.63, 3.8) is 0 Å². The minimum atomic E-state index is -5.39. The molecule has 136 valence electrons. The van der Waals surface area contributed by atoms with E-state index < -0.39 is 53.6 Å². The van der Waals surface area contributed by atoms with Crippen molar-refractivity contribution in [2.75, 3.05) is 6.61 Å². The Hall–Kier alpha value is -1.91. The molecule has 0 unspecified atom stereocenters. The SMILES string of the molecule is CCOC(=O)C(F)(F)[C@@H](N)c1ccc(C(F)(F)F)cc1C(F)(F)F. The molecule has 1 aromatic carbocycles. The van der Waals surface area contributed by atoms with Crippen molar-refractivity contribution in [1.29, 1.82) is 0 Å². The summed E-state index contributed by atoms with van der Waals surface area (Å²) in [6.45, 7) is 0.694. The number of carbonyl (C=O) groups excluding carboxylic acids is 1. The highest BCUT2D eigenvalue weighted by atomic mass is 19.4. The van der Waals surface area contributed by atoms with Crippen molar-refractivity contribution in [3.8, 4) is 0 Å². The summed E-state index contributed by atoms with van der Waals surface area (Å²) in [5, 5.41) is 0. The van der Waals surface area contributed by atoms with Gasteiger partial charge in [0.1, 0.15) is 6.04 Å². The third-order valence-corrected chi connectivity index (χ3v) is 2.96. The highest BCUT2D eigenvalue weighted by Crippen LogP contribution is 2.42. The Kier molecular flexibility index (Phi) is 5.48. The lowest BCUT2D eigenvalue weighted by molar-refractivity contribution is -0.175. The van der Waals surface area contributed by atoms with Gasteiger partial charge in [0.25, 0.3) is 0 Å². The maximum Gasteiger partial charge on any atom is 0.416 e. The Morgan fingerprint density at radius 2 is 1.62 bits per heavy atom. The van der Waals surface area contributed by atoms with Crippen LogP contribution in [0.4, 0.5) is 35.1 Å². The Morgan fingerprint density at radius 1 is 1.08 bits per heavy atom. The molecule has 0 bridgehead atoms. The number of halogens is 8. The van der Waals surface area contributed by atoms with Gasteiger partial charge in [-0.25, -0.2) is 4.79 Å². The summed E-state index contributed by atoms with van der Waals surface area (Å²) in [4.78, 5) is 11.2. The van der Waals surface area contributed by atoms with E-state index in [9.17, 15) is 39.9 Å². The molecule has 0 fully saturated rings. The molecule has 11 heteroatoms. The summed E-state index contributed by atoms with van der Waals surface area (Å²) in [6.07, 6.45) is -10.5. The lowest BCUT2D eigenvalue weighted by Gasteiger charge is -2.25. The van der Waals surface area contributed by atoms with Gasteiger partial charge in [0.2, 0.25) is 0 Å². The van der Waals surface area contributed by atoms with E-state index in [0.29, 0.717) is 0 Å². The largest absolute Gasteiger partial charge is 0.462 e. The lowest BCUT2D eigenvalue weighted by Crippen LogP contribution is -2.42. The summed E-state index contributed by atoms with van der Waals surface area (Å²) in [7, 11) is 0. The average Bonchev–Trinajstić information content (AvgIpc) is 2.44. The standard InChI is InChI=1S/C13H11F8NO2/c1-2-24-10(23)11(14,15)9(22)7-4-3-6(12(16,17)18)5-8(7)13(19,20)21/h3-5,9H,2,22H2,1H3/t9-/m0/s1. The van der Waals surface area contributed by atoms with Gasteiger partial charge in [0.05, 0.1) is 17.7 Å². The van der Waals surface area contributed by atoms with Crippen molar-refractivity contribution in [3.05, 3.63) is 34.9 Å². The molecule has 0 aliphatic heterocycles. The maximum absolute atomic E-state index is 13.8.